The first-order valence-electron chi connectivity index (χ1n) is 8.52. The van der Waals surface area contributed by atoms with Crippen molar-refractivity contribution in [1.29, 1.82) is 0 Å². The number of nitrogens with two attached hydrogens (primary N) is 1. The van der Waals surface area contributed by atoms with Gasteiger partial charge in [0.15, 0.2) is 0 Å². The number of anilines is 1. The molecule has 2 heterocycles. The first kappa shape index (κ1) is 19.8. The second-order valence-electron chi connectivity index (χ2n) is 6.40. The molecule has 2 aromatic carbocycles. The van der Waals surface area contributed by atoms with Gasteiger partial charge in [0.2, 0.25) is 0 Å². The molecule has 0 fully saturated rings. The number of pyridine rings is 1. The van der Waals surface area contributed by atoms with Crippen molar-refractivity contribution in [3.05, 3.63) is 81.6 Å². The van der Waals surface area contributed by atoms with Gasteiger partial charge in [-0.25, -0.2) is 0 Å². The summed E-state index contributed by atoms with van der Waals surface area (Å²) in [5, 5.41) is 2.09. The molecule has 152 valence electrons. The van der Waals surface area contributed by atoms with E-state index in [4.69, 9.17) is 5.73 Å². The first-order valence-corrected chi connectivity index (χ1v) is 9.33. The van der Waals surface area contributed by atoms with Crippen LogP contribution in [0.25, 0.3) is 5.69 Å². The highest BCUT2D eigenvalue weighted by Gasteiger charge is 2.32. The Hall–Kier alpha value is -3.53. The van der Waals surface area contributed by atoms with Crippen molar-refractivity contribution < 1.29 is 22.8 Å². The third-order valence-electron chi connectivity index (χ3n) is 4.45. The summed E-state index contributed by atoms with van der Waals surface area (Å²) in [6, 6.07) is 12.3. The third-order valence-corrected chi connectivity index (χ3v) is 5.44. The number of benzene rings is 2. The summed E-state index contributed by atoms with van der Waals surface area (Å²) in [5.41, 5.74) is 4.85. The average Bonchev–Trinajstić information content (AvgIpc) is 2.96. The van der Waals surface area contributed by atoms with E-state index < -0.39 is 29.1 Å². The Kier molecular flexibility index (Phi) is 4.65. The lowest BCUT2D eigenvalue weighted by Gasteiger charge is -2.12. The smallest absolute Gasteiger partial charge is 0.384 e. The Labute approximate surface area is 171 Å². The number of hydrogen-bond acceptors (Lipinski definition) is 5. The highest BCUT2D eigenvalue weighted by Crippen LogP contribution is 2.34. The molecule has 2 amide bonds. The van der Waals surface area contributed by atoms with Crippen LogP contribution in [0.5, 0.6) is 0 Å². The van der Waals surface area contributed by atoms with E-state index >= 15 is 0 Å². The number of nitrogens with zero attached hydrogens (tertiary/aromatic N) is 1. The maximum absolute atomic E-state index is 12.9. The number of rotatable bonds is 3. The second-order valence-corrected chi connectivity index (χ2v) is 7.54. The average molecular weight is 431 g/mol. The lowest BCUT2D eigenvalue weighted by atomic mass is 10.1. The van der Waals surface area contributed by atoms with Crippen LogP contribution in [-0.2, 0) is 6.18 Å². The molecule has 1 aromatic heterocycles. The molecule has 0 unspecified atom stereocenters. The van der Waals surface area contributed by atoms with Gasteiger partial charge in [-0.05, 0) is 42.5 Å². The molecule has 0 saturated heterocycles. The van der Waals surface area contributed by atoms with Gasteiger partial charge in [-0.15, -0.1) is 0 Å². The van der Waals surface area contributed by atoms with Gasteiger partial charge < -0.3 is 5.73 Å². The van der Waals surface area contributed by atoms with E-state index in [1.807, 2.05) is 0 Å². The normalized spacial score (nSPS) is 13.3. The Morgan fingerprint density at radius 1 is 0.900 bits per heavy atom. The zero-order valence-corrected chi connectivity index (χ0v) is 15.8. The molecule has 1 aliphatic heterocycles. The molecule has 0 spiro atoms. The number of imide groups is 1. The summed E-state index contributed by atoms with van der Waals surface area (Å²) in [6.45, 7) is 0. The van der Waals surface area contributed by atoms with Gasteiger partial charge in [-0.1, -0.05) is 17.8 Å². The van der Waals surface area contributed by atoms with Gasteiger partial charge in [0, 0.05) is 15.9 Å². The summed E-state index contributed by atoms with van der Waals surface area (Å²) in [6.07, 6.45) is -4.43. The van der Waals surface area contributed by atoms with E-state index in [1.54, 1.807) is 30.3 Å². The fourth-order valence-electron chi connectivity index (χ4n) is 3.08. The van der Waals surface area contributed by atoms with Crippen LogP contribution in [0, 0.1) is 0 Å². The zero-order chi connectivity index (χ0) is 21.6. The summed E-state index contributed by atoms with van der Waals surface area (Å²) in [4.78, 5) is 37.1. The fourth-order valence-corrected chi connectivity index (χ4v) is 3.96. The quantitative estimate of drug-likeness (QED) is 0.620. The predicted molar refractivity (Wildman–Crippen MR) is 104 cm³/mol. The summed E-state index contributed by atoms with van der Waals surface area (Å²) >= 11 is 1.12. The number of hydrogen-bond donors (Lipinski definition) is 2. The van der Waals surface area contributed by atoms with Crippen LogP contribution in [0.4, 0.5) is 19.0 Å². The molecule has 3 N–H and O–H groups in total. The highest BCUT2D eigenvalue weighted by molar-refractivity contribution is 7.99. The molecule has 1 aliphatic rings. The van der Waals surface area contributed by atoms with Gasteiger partial charge in [0.05, 0.1) is 22.4 Å². The molecule has 4 rings (SSSR count). The minimum Gasteiger partial charge on any atom is -0.384 e. The zero-order valence-electron chi connectivity index (χ0n) is 15.0. The van der Waals surface area contributed by atoms with Crippen molar-refractivity contribution in [2.45, 2.75) is 16.0 Å². The molecule has 3 aromatic rings. The van der Waals surface area contributed by atoms with E-state index in [1.165, 1.54) is 6.07 Å². The highest BCUT2D eigenvalue weighted by atomic mass is 32.2. The summed E-state index contributed by atoms with van der Waals surface area (Å²) < 4.78 is 39.7. The number of fused-ring (bicyclic) bond motifs is 1. The van der Waals surface area contributed by atoms with E-state index in [0.29, 0.717) is 15.5 Å². The van der Waals surface area contributed by atoms with Crippen molar-refractivity contribution in [3.8, 4) is 5.69 Å². The molecular formula is C20H12F3N3O3S. The predicted octanol–water partition coefficient (Wildman–Crippen LogP) is 3.47. The number of carbonyl (C=O) groups is 2. The Balaban J connectivity index is 1.66. The van der Waals surface area contributed by atoms with Crippen LogP contribution in [0.15, 0.2) is 69.2 Å². The van der Waals surface area contributed by atoms with Gasteiger partial charge in [-0.3, -0.25) is 24.3 Å². The van der Waals surface area contributed by atoms with Crippen molar-refractivity contribution >= 4 is 29.4 Å². The number of halogens is 3. The van der Waals surface area contributed by atoms with Crippen LogP contribution in [-0.4, -0.2) is 16.4 Å². The van der Waals surface area contributed by atoms with Crippen molar-refractivity contribution in [1.82, 2.24) is 9.88 Å². The molecule has 6 nitrogen and oxygen atoms in total. The monoisotopic (exact) mass is 431 g/mol. The maximum Gasteiger partial charge on any atom is 0.416 e. The van der Waals surface area contributed by atoms with E-state index in [-0.39, 0.29) is 16.9 Å². The molecule has 0 radical (unpaired) electrons. The van der Waals surface area contributed by atoms with Crippen molar-refractivity contribution in [2.75, 3.05) is 5.73 Å². The summed E-state index contributed by atoms with van der Waals surface area (Å²) in [7, 11) is 0. The number of nitrogen functional groups attached to an aromatic ring is 1. The van der Waals surface area contributed by atoms with Crippen LogP contribution in [0.1, 0.15) is 26.3 Å². The molecule has 0 saturated carbocycles. The number of carbonyl (C=O) groups excluding carboxylic acids is 2. The SMILES string of the molecule is Nc1c2c(cc(=O)n1-c1ccc(Sc3cccc(C(F)(F)F)c3)cc1)C(=O)NC2=O. The van der Waals surface area contributed by atoms with Gasteiger partial charge in [-0.2, -0.15) is 13.2 Å². The fraction of sp³-hybridized carbons (Fsp3) is 0.0500. The van der Waals surface area contributed by atoms with Crippen LogP contribution in [0.3, 0.4) is 0 Å². The Morgan fingerprint density at radius 2 is 1.60 bits per heavy atom. The molecular weight excluding hydrogens is 419 g/mol. The van der Waals surface area contributed by atoms with Crippen molar-refractivity contribution in [3.63, 3.8) is 0 Å². The topological polar surface area (TPSA) is 94.2 Å². The van der Waals surface area contributed by atoms with Gasteiger partial charge >= 0.3 is 6.18 Å². The minimum absolute atomic E-state index is 0.0676. The minimum atomic E-state index is -4.43. The molecule has 0 aliphatic carbocycles. The molecule has 0 bridgehead atoms. The third kappa shape index (κ3) is 3.45. The number of nitrogens with one attached hydrogen (secondary N) is 1. The Bertz CT molecular complexity index is 1250. The standard InChI is InChI=1S/C20H12F3N3O3S/c21-20(22,23)10-2-1-3-13(8-10)30-12-6-4-11(5-7-12)26-15(27)9-14-16(17(26)24)19(29)25-18(14)28/h1-9H,24H2,(H,25,28,29). The molecule has 0 atom stereocenters. The second kappa shape index (κ2) is 7.06. The van der Waals surface area contributed by atoms with Gasteiger partial charge in [0.1, 0.15) is 5.82 Å². The lowest BCUT2D eigenvalue weighted by Crippen LogP contribution is -2.24. The van der Waals surface area contributed by atoms with E-state index in [0.717, 1.165) is 34.5 Å². The number of aromatic nitrogens is 1. The van der Waals surface area contributed by atoms with Gasteiger partial charge in [0.25, 0.3) is 17.4 Å². The largest absolute Gasteiger partial charge is 0.416 e. The Morgan fingerprint density at radius 3 is 2.27 bits per heavy atom. The van der Waals surface area contributed by atoms with Crippen LogP contribution < -0.4 is 16.6 Å². The first-order chi connectivity index (χ1) is 14.1. The molecule has 10 heteroatoms. The molecule has 30 heavy (non-hydrogen) atoms. The van der Waals surface area contributed by atoms with E-state index in [2.05, 4.69) is 5.32 Å². The van der Waals surface area contributed by atoms with Crippen molar-refractivity contribution in [2.24, 2.45) is 0 Å². The number of amides is 2. The van der Waals surface area contributed by atoms with E-state index in [9.17, 15) is 27.6 Å². The van der Waals surface area contributed by atoms with Crippen LogP contribution >= 0.6 is 11.8 Å². The number of alkyl halides is 3. The lowest BCUT2D eigenvalue weighted by molar-refractivity contribution is -0.137. The maximum atomic E-state index is 12.9. The van der Waals surface area contributed by atoms with Crippen LogP contribution in [0.2, 0.25) is 0 Å². The summed E-state index contributed by atoms with van der Waals surface area (Å²) in [5.74, 6) is -1.53.